The van der Waals surface area contributed by atoms with Gasteiger partial charge in [0.1, 0.15) is 11.6 Å². The maximum atomic E-state index is 12.1. The van der Waals surface area contributed by atoms with E-state index in [0.717, 1.165) is 48.7 Å². The van der Waals surface area contributed by atoms with Crippen LogP contribution in [0, 0.1) is 0 Å². The molecule has 2 heterocycles. The molecule has 1 aliphatic heterocycles. The summed E-state index contributed by atoms with van der Waals surface area (Å²) < 4.78 is 6.72. The Balaban J connectivity index is 1.32. The molecule has 1 saturated heterocycles. The van der Waals surface area contributed by atoms with Crippen LogP contribution < -0.4 is 20.3 Å². The molecule has 0 spiro atoms. The van der Waals surface area contributed by atoms with Gasteiger partial charge >= 0.3 is 6.03 Å². The highest BCUT2D eigenvalue weighted by Crippen LogP contribution is 2.28. The van der Waals surface area contributed by atoms with Gasteiger partial charge < -0.3 is 20.3 Å². The normalized spacial score (nSPS) is 14.0. The van der Waals surface area contributed by atoms with E-state index in [1.165, 1.54) is 10.3 Å². The number of nitrogens with two attached hydrogens (primary N) is 1. The van der Waals surface area contributed by atoms with E-state index in [2.05, 4.69) is 39.0 Å². The summed E-state index contributed by atoms with van der Waals surface area (Å²) in [6, 6.07) is 23.4. The Labute approximate surface area is 186 Å². The van der Waals surface area contributed by atoms with Crippen LogP contribution in [0.5, 0.6) is 5.75 Å². The van der Waals surface area contributed by atoms with E-state index in [-0.39, 0.29) is 0 Å². The van der Waals surface area contributed by atoms with Crippen molar-refractivity contribution >= 4 is 28.4 Å². The molecule has 32 heavy (non-hydrogen) atoms. The molecule has 2 N–H and O–H groups in total. The highest BCUT2D eigenvalue weighted by Gasteiger charge is 2.19. The first-order valence-electron chi connectivity index (χ1n) is 10.7. The van der Waals surface area contributed by atoms with Gasteiger partial charge in [0, 0.05) is 43.1 Å². The largest absolute Gasteiger partial charge is 0.497 e. The van der Waals surface area contributed by atoms with Gasteiger partial charge in [0.15, 0.2) is 0 Å². The van der Waals surface area contributed by atoms with Crippen LogP contribution in [0.4, 0.5) is 16.2 Å². The third kappa shape index (κ3) is 3.62. The number of nitrogens with zero attached hydrogens (tertiary/aromatic N) is 4. The first-order chi connectivity index (χ1) is 15.6. The second kappa shape index (κ2) is 8.26. The van der Waals surface area contributed by atoms with Gasteiger partial charge in [-0.15, -0.1) is 0 Å². The van der Waals surface area contributed by atoms with Crippen molar-refractivity contribution in [1.29, 1.82) is 0 Å². The van der Waals surface area contributed by atoms with Crippen LogP contribution in [0.3, 0.4) is 0 Å². The van der Waals surface area contributed by atoms with Crippen LogP contribution in [0.1, 0.15) is 0 Å². The molecule has 0 saturated carbocycles. The SMILES string of the molecule is COc1ccc(N2CCN(c3ccc(-c4nc5ccccc5n4C(N)=O)cc3)CC2)cc1. The molecular weight excluding hydrogens is 402 g/mol. The first-order valence-corrected chi connectivity index (χ1v) is 10.7. The molecule has 1 amide bonds. The lowest BCUT2D eigenvalue weighted by Gasteiger charge is -2.37. The fourth-order valence-corrected chi connectivity index (χ4v) is 4.28. The third-order valence-corrected chi connectivity index (χ3v) is 5.99. The fraction of sp³-hybridized carbons (Fsp3) is 0.200. The lowest BCUT2D eigenvalue weighted by atomic mass is 10.1. The van der Waals surface area contributed by atoms with Crippen molar-refractivity contribution in [3.63, 3.8) is 0 Å². The number of ether oxygens (including phenoxy) is 1. The minimum atomic E-state index is -0.535. The molecule has 0 atom stereocenters. The van der Waals surface area contributed by atoms with E-state index in [0.29, 0.717) is 11.3 Å². The van der Waals surface area contributed by atoms with Crippen LogP contribution in [-0.4, -0.2) is 48.9 Å². The lowest BCUT2D eigenvalue weighted by Crippen LogP contribution is -2.46. The van der Waals surface area contributed by atoms with Crippen LogP contribution in [0.25, 0.3) is 22.4 Å². The molecule has 1 aliphatic rings. The number of carbonyl (C=O) groups is 1. The zero-order chi connectivity index (χ0) is 22.1. The molecule has 1 fully saturated rings. The number of hydrogen-bond acceptors (Lipinski definition) is 5. The van der Waals surface area contributed by atoms with E-state index in [9.17, 15) is 4.79 Å². The van der Waals surface area contributed by atoms with E-state index in [4.69, 9.17) is 10.5 Å². The highest BCUT2D eigenvalue weighted by atomic mass is 16.5. The van der Waals surface area contributed by atoms with Gasteiger partial charge in [0.2, 0.25) is 0 Å². The number of hydrogen-bond donors (Lipinski definition) is 1. The zero-order valence-electron chi connectivity index (χ0n) is 17.9. The first kappa shape index (κ1) is 19.9. The van der Waals surface area contributed by atoms with Gasteiger partial charge in [-0.3, -0.25) is 0 Å². The highest BCUT2D eigenvalue weighted by molar-refractivity contribution is 5.93. The van der Waals surface area contributed by atoms with Crippen molar-refractivity contribution in [2.45, 2.75) is 0 Å². The van der Waals surface area contributed by atoms with Gasteiger partial charge in [-0.05, 0) is 60.7 Å². The number of primary amides is 1. The summed E-state index contributed by atoms with van der Waals surface area (Å²) in [4.78, 5) is 21.5. The Morgan fingerprint density at radius 1 is 0.844 bits per heavy atom. The number of benzene rings is 3. The molecule has 4 aromatic rings. The number of methoxy groups -OCH3 is 1. The van der Waals surface area contributed by atoms with Crippen molar-refractivity contribution < 1.29 is 9.53 Å². The molecule has 162 valence electrons. The van der Waals surface area contributed by atoms with Crippen molar-refractivity contribution in [2.75, 3.05) is 43.1 Å². The number of para-hydroxylation sites is 2. The van der Waals surface area contributed by atoms with Crippen molar-refractivity contribution in [1.82, 2.24) is 9.55 Å². The number of imidazole rings is 1. The summed E-state index contributed by atoms with van der Waals surface area (Å²) in [6.07, 6.45) is 0. The average molecular weight is 428 g/mol. The van der Waals surface area contributed by atoms with Crippen LogP contribution >= 0.6 is 0 Å². The van der Waals surface area contributed by atoms with Gasteiger partial charge in [0.25, 0.3) is 0 Å². The summed E-state index contributed by atoms with van der Waals surface area (Å²) in [5, 5.41) is 0. The summed E-state index contributed by atoms with van der Waals surface area (Å²) in [6.45, 7) is 3.77. The van der Waals surface area contributed by atoms with Gasteiger partial charge in [-0.2, -0.15) is 0 Å². The zero-order valence-corrected chi connectivity index (χ0v) is 17.9. The predicted molar refractivity (Wildman–Crippen MR) is 128 cm³/mol. The minimum absolute atomic E-state index is 0.535. The molecule has 5 rings (SSSR count). The standard InChI is InChI=1S/C25H25N5O2/c1-32-21-12-10-20(11-13-21)29-16-14-28(15-17-29)19-8-6-18(7-9-19)24-27-22-4-2-3-5-23(22)30(24)25(26)31/h2-13H,14-17H2,1H3,(H2,26,31). The average Bonchev–Trinajstić information content (AvgIpc) is 3.24. The number of aromatic nitrogens is 2. The monoisotopic (exact) mass is 427 g/mol. The van der Waals surface area contributed by atoms with Crippen LogP contribution in [0.2, 0.25) is 0 Å². The molecule has 0 radical (unpaired) electrons. The molecule has 0 bridgehead atoms. The fourth-order valence-electron chi connectivity index (χ4n) is 4.28. The molecule has 7 nitrogen and oxygen atoms in total. The van der Waals surface area contributed by atoms with E-state index in [1.54, 1.807) is 7.11 Å². The van der Waals surface area contributed by atoms with Gasteiger partial charge in [-0.25, -0.2) is 14.3 Å². The Morgan fingerprint density at radius 2 is 1.41 bits per heavy atom. The van der Waals surface area contributed by atoms with Crippen molar-refractivity contribution in [3.05, 3.63) is 72.8 Å². The maximum absolute atomic E-state index is 12.1. The number of carbonyl (C=O) groups excluding carboxylic acids is 1. The second-order valence-electron chi connectivity index (χ2n) is 7.82. The molecule has 3 aromatic carbocycles. The molecule has 0 unspecified atom stereocenters. The Hall–Kier alpha value is -4.00. The molecule has 0 aliphatic carbocycles. The Kier molecular flexibility index (Phi) is 5.15. The van der Waals surface area contributed by atoms with Crippen LogP contribution in [0.15, 0.2) is 72.8 Å². The summed E-state index contributed by atoms with van der Waals surface area (Å²) in [5.74, 6) is 1.44. The predicted octanol–water partition coefficient (Wildman–Crippen LogP) is 3.97. The topological polar surface area (TPSA) is 76.6 Å². The Morgan fingerprint density at radius 3 is 1.97 bits per heavy atom. The van der Waals surface area contributed by atoms with E-state index >= 15 is 0 Å². The van der Waals surface area contributed by atoms with Crippen LogP contribution in [-0.2, 0) is 0 Å². The third-order valence-electron chi connectivity index (χ3n) is 5.99. The van der Waals surface area contributed by atoms with E-state index in [1.807, 2.05) is 48.5 Å². The summed E-state index contributed by atoms with van der Waals surface area (Å²) >= 11 is 0. The number of fused-ring (bicyclic) bond motifs is 1. The molecule has 1 aromatic heterocycles. The number of amides is 1. The Bertz CT molecular complexity index is 1240. The summed E-state index contributed by atoms with van der Waals surface area (Å²) in [5.41, 5.74) is 10.4. The number of anilines is 2. The lowest BCUT2D eigenvalue weighted by molar-refractivity contribution is 0.251. The molecular formula is C25H25N5O2. The smallest absolute Gasteiger partial charge is 0.325 e. The maximum Gasteiger partial charge on any atom is 0.325 e. The quantitative estimate of drug-likeness (QED) is 0.533. The number of piperazine rings is 1. The summed E-state index contributed by atoms with van der Waals surface area (Å²) in [7, 11) is 1.68. The second-order valence-corrected chi connectivity index (χ2v) is 7.82. The van der Waals surface area contributed by atoms with E-state index < -0.39 is 6.03 Å². The number of rotatable bonds is 4. The molecule has 7 heteroatoms. The van der Waals surface area contributed by atoms with Crippen molar-refractivity contribution in [3.8, 4) is 17.1 Å². The van der Waals surface area contributed by atoms with Gasteiger partial charge in [-0.1, -0.05) is 12.1 Å². The van der Waals surface area contributed by atoms with Gasteiger partial charge in [0.05, 0.1) is 18.1 Å². The minimum Gasteiger partial charge on any atom is -0.497 e. The van der Waals surface area contributed by atoms with Crippen molar-refractivity contribution in [2.24, 2.45) is 5.73 Å².